The molecular formula is C17H16N4O2S. The van der Waals surface area contributed by atoms with Crippen molar-refractivity contribution in [2.75, 3.05) is 19.5 Å². The van der Waals surface area contributed by atoms with Gasteiger partial charge in [0.2, 0.25) is 5.78 Å². The number of hydrogen-bond donors (Lipinski definition) is 1. The molecule has 4 rings (SSSR count). The lowest BCUT2D eigenvalue weighted by atomic mass is 10.3. The number of hydrogen-bond acceptors (Lipinski definition) is 5. The van der Waals surface area contributed by atoms with Gasteiger partial charge in [0.05, 0.1) is 24.8 Å². The van der Waals surface area contributed by atoms with Crippen LogP contribution in [-0.2, 0) is 0 Å². The molecule has 0 fully saturated rings. The molecule has 0 aliphatic heterocycles. The summed E-state index contributed by atoms with van der Waals surface area (Å²) in [6, 6.07) is 15.6. The molecular weight excluding hydrogens is 324 g/mol. The molecule has 0 aliphatic rings. The second-order valence-corrected chi connectivity index (χ2v) is 6.20. The van der Waals surface area contributed by atoms with Gasteiger partial charge in [-0.05, 0) is 36.4 Å². The number of ether oxygens (including phenoxy) is 2. The van der Waals surface area contributed by atoms with Gasteiger partial charge in [0.15, 0.2) is 5.16 Å². The Morgan fingerprint density at radius 2 is 1.88 bits per heavy atom. The Kier molecular flexibility index (Phi) is 4.00. The van der Waals surface area contributed by atoms with Gasteiger partial charge in [0, 0.05) is 5.75 Å². The largest absolute Gasteiger partial charge is 0.497 e. The first-order valence-corrected chi connectivity index (χ1v) is 8.55. The van der Waals surface area contributed by atoms with E-state index < -0.39 is 0 Å². The Labute approximate surface area is 142 Å². The van der Waals surface area contributed by atoms with Crippen LogP contribution in [0.4, 0.5) is 0 Å². The minimum absolute atomic E-state index is 0.595. The second-order valence-electron chi connectivity index (χ2n) is 5.14. The zero-order valence-electron chi connectivity index (χ0n) is 13.1. The highest BCUT2D eigenvalue weighted by atomic mass is 32.2. The Bertz CT molecular complexity index is 962. The highest BCUT2D eigenvalue weighted by Crippen LogP contribution is 2.23. The summed E-state index contributed by atoms with van der Waals surface area (Å²) in [5.74, 6) is 3.20. The van der Waals surface area contributed by atoms with E-state index in [1.807, 2.05) is 52.9 Å². The van der Waals surface area contributed by atoms with Crippen LogP contribution in [0.5, 0.6) is 11.5 Å². The fourth-order valence-corrected chi connectivity index (χ4v) is 3.28. The maximum absolute atomic E-state index is 5.75. The number of imidazole rings is 1. The summed E-state index contributed by atoms with van der Waals surface area (Å²) >= 11 is 1.63. The van der Waals surface area contributed by atoms with Gasteiger partial charge in [0.25, 0.3) is 0 Å². The lowest BCUT2D eigenvalue weighted by molar-refractivity contribution is 0.342. The molecule has 122 valence electrons. The predicted octanol–water partition coefficient (Wildman–Crippen LogP) is 3.39. The Balaban J connectivity index is 1.41. The quantitative estimate of drug-likeness (QED) is 0.430. The number of aromatic nitrogens is 4. The number of methoxy groups -OCH3 is 1. The fourth-order valence-electron chi connectivity index (χ4n) is 2.50. The molecule has 0 atom stereocenters. The number of H-pyrrole nitrogens is 1. The van der Waals surface area contributed by atoms with Crippen LogP contribution in [0, 0.1) is 0 Å². The third-order valence-corrected chi connectivity index (χ3v) is 4.55. The van der Waals surface area contributed by atoms with Crippen LogP contribution in [-0.4, -0.2) is 39.1 Å². The van der Waals surface area contributed by atoms with E-state index in [0.717, 1.165) is 39.2 Å². The Hall–Kier alpha value is -2.67. The molecule has 0 saturated heterocycles. The number of nitrogens with one attached hydrogen (secondary N) is 1. The molecule has 2 aromatic carbocycles. The van der Waals surface area contributed by atoms with Crippen LogP contribution in [0.25, 0.3) is 16.8 Å². The van der Waals surface area contributed by atoms with E-state index in [1.54, 1.807) is 18.9 Å². The van der Waals surface area contributed by atoms with Crippen LogP contribution >= 0.6 is 11.8 Å². The monoisotopic (exact) mass is 340 g/mol. The normalized spacial score (nSPS) is 11.2. The maximum Gasteiger partial charge on any atom is 0.231 e. The molecule has 6 nitrogen and oxygen atoms in total. The van der Waals surface area contributed by atoms with Crippen molar-refractivity contribution in [1.29, 1.82) is 0 Å². The lowest BCUT2D eigenvalue weighted by Crippen LogP contribution is -2.01. The van der Waals surface area contributed by atoms with Crippen molar-refractivity contribution in [2.45, 2.75) is 5.16 Å². The van der Waals surface area contributed by atoms with Gasteiger partial charge in [-0.2, -0.15) is 0 Å². The summed E-state index contributed by atoms with van der Waals surface area (Å²) in [6.45, 7) is 0.595. The molecule has 2 aromatic heterocycles. The number of rotatable bonds is 6. The minimum atomic E-state index is 0.595. The van der Waals surface area contributed by atoms with Crippen molar-refractivity contribution >= 4 is 28.6 Å². The van der Waals surface area contributed by atoms with Gasteiger partial charge < -0.3 is 9.47 Å². The highest BCUT2D eigenvalue weighted by Gasteiger charge is 2.11. The van der Waals surface area contributed by atoms with Crippen LogP contribution < -0.4 is 9.47 Å². The summed E-state index contributed by atoms with van der Waals surface area (Å²) in [5.41, 5.74) is 2.02. The smallest absolute Gasteiger partial charge is 0.231 e. The Morgan fingerprint density at radius 3 is 2.71 bits per heavy atom. The molecule has 0 radical (unpaired) electrons. The molecule has 2 heterocycles. The van der Waals surface area contributed by atoms with Gasteiger partial charge in [-0.25, -0.2) is 10.1 Å². The van der Waals surface area contributed by atoms with Crippen LogP contribution in [0.3, 0.4) is 0 Å². The van der Waals surface area contributed by atoms with E-state index in [1.165, 1.54) is 0 Å². The predicted molar refractivity (Wildman–Crippen MR) is 94.1 cm³/mol. The fraction of sp³-hybridized carbons (Fsp3) is 0.176. The van der Waals surface area contributed by atoms with Crippen molar-refractivity contribution in [3.8, 4) is 11.5 Å². The third-order valence-electron chi connectivity index (χ3n) is 3.65. The van der Waals surface area contributed by atoms with Crippen molar-refractivity contribution < 1.29 is 9.47 Å². The molecule has 1 N–H and O–H groups in total. The van der Waals surface area contributed by atoms with Crippen molar-refractivity contribution in [2.24, 2.45) is 0 Å². The topological polar surface area (TPSA) is 64.4 Å². The van der Waals surface area contributed by atoms with E-state index in [0.29, 0.717) is 6.61 Å². The molecule has 7 heteroatoms. The van der Waals surface area contributed by atoms with Gasteiger partial charge >= 0.3 is 0 Å². The third kappa shape index (κ3) is 2.78. The van der Waals surface area contributed by atoms with E-state index in [4.69, 9.17) is 9.47 Å². The lowest BCUT2D eigenvalue weighted by Gasteiger charge is -2.06. The van der Waals surface area contributed by atoms with Gasteiger partial charge in [0.1, 0.15) is 11.5 Å². The summed E-state index contributed by atoms with van der Waals surface area (Å²) in [6.07, 6.45) is 0. The van der Waals surface area contributed by atoms with E-state index >= 15 is 0 Å². The van der Waals surface area contributed by atoms with Crippen molar-refractivity contribution in [3.63, 3.8) is 0 Å². The first kappa shape index (κ1) is 14.9. The van der Waals surface area contributed by atoms with Crippen molar-refractivity contribution in [3.05, 3.63) is 48.5 Å². The van der Waals surface area contributed by atoms with Crippen molar-refractivity contribution in [1.82, 2.24) is 19.6 Å². The number of nitrogens with zero attached hydrogens (tertiary/aromatic N) is 3. The van der Waals surface area contributed by atoms with Gasteiger partial charge in [-0.1, -0.05) is 23.9 Å². The van der Waals surface area contributed by atoms with E-state index in [-0.39, 0.29) is 0 Å². The first-order valence-electron chi connectivity index (χ1n) is 7.56. The summed E-state index contributed by atoms with van der Waals surface area (Å²) in [4.78, 5) is 4.52. The van der Waals surface area contributed by atoms with Gasteiger partial charge in [-0.3, -0.25) is 4.40 Å². The summed E-state index contributed by atoms with van der Waals surface area (Å²) in [5, 5.41) is 8.20. The van der Waals surface area contributed by atoms with E-state index in [9.17, 15) is 0 Å². The number of fused-ring (bicyclic) bond motifs is 3. The molecule has 0 spiro atoms. The van der Waals surface area contributed by atoms with Crippen LogP contribution in [0.2, 0.25) is 0 Å². The second kappa shape index (κ2) is 6.45. The standard InChI is InChI=1S/C17H16N4O2S/c1-22-12-6-8-13(9-7-12)23-10-11-24-17-20-19-16-18-14-4-2-3-5-15(14)21(16)17/h2-9H,10-11H2,1H3,(H,18,19). The maximum atomic E-state index is 5.75. The summed E-state index contributed by atoms with van der Waals surface area (Å²) in [7, 11) is 1.65. The Morgan fingerprint density at radius 1 is 1.08 bits per heavy atom. The summed E-state index contributed by atoms with van der Waals surface area (Å²) < 4.78 is 12.9. The number of para-hydroxylation sites is 2. The first-order chi connectivity index (χ1) is 11.8. The zero-order valence-corrected chi connectivity index (χ0v) is 13.9. The van der Waals surface area contributed by atoms with Crippen LogP contribution in [0.1, 0.15) is 0 Å². The van der Waals surface area contributed by atoms with E-state index in [2.05, 4.69) is 15.2 Å². The zero-order chi connectivity index (χ0) is 16.4. The number of thioether (sulfide) groups is 1. The molecule has 0 unspecified atom stereocenters. The molecule has 0 bridgehead atoms. The molecule has 0 amide bonds. The minimum Gasteiger partial charge on any atom is -0.497 e. The van der Waals surface area contributed by atoms with Gasteiger partial charge in [-0.15, -0.1) is 5.10 Å². The van der Waals surface area contributed by atoms with Crippen LogP contribution in [0.15, 0.2) is 53.7 Å². The molecule has 0 aliphatic carbocycles. The highest BCUT2D eigenvalue weighted by molar-refractivity contribution is 7.99. The molecule has 4 aromatic rings. The molecule has 24 heavy (non-hydrogen) atoms. The average Bonchev–Trinajstić information content (AvgIpc) is 3.18. The SMILES string of the molecule is COc1ccc(OCCSc2n[nH]c3nc4ccccc4n23)cc1. The average molecular weight is 340 g/mol. The number of benzene rings is 2. The number of aromatic amines is 1. The molecule has 0 saturated carbocycles.